The molecular weight excluding hydrogens is 583 g/mol. The second-order valence-corrected chi connectivity index (χ2v) is 12.7. The fourth-order valence-electron chi connectivity index (χ4n) is 6.76. The molecule has 10 rings (SSSR count). The van der Waals surface area contributed by atoms with Crippen molar-refractivity contribution in [3.8, 4) is 34.2 Å². The van der Waals surface area contributed by atoms with Crippen molar-refractivity contribution in [2.75, 3.05) is 0 Å². The molecule has 0 N–H and O–H groups in total. The second-order valence-electron chi connectivity index (χ2n) is 11.6. The molecule has 0 spiro atoms. The highest BCUT2D eigenvalue weighted by molar-refractivity contribution is 7.25. The van der Waals surface area contributed by atoms with Gasteiger partial charge in [-0.05, 0) is 58.6 Å². The van der Waals surface area contributed by atoms with E-state index in [1.54, 1.807) is 0 Å². The van der Waals surface area contributed by atoms with Crippen molar-refractivity contribution in [2.45, 2.75) is 0 Å². The van der Waals surface area contributed by atoms with Crippen LogP contribution in [0.25, 0.3) is 97.8 Å². The Morgan fingerprint density at radius 1 is 0.435 bits per heavy atom. The van der Waals surface area contributed by atoms with E-state index in [-0.39, 0.29) is 0 Å². The van der Waals surface area contributed by atoms with E-state index in [1.807, 2.05) is 41.7 Å². The summed E-state index contributed by atoms with van der Waals surface area (Å²) in [7, 11) is 0. The molecule has 0 aliphatic rings. The molecule has 0 radical (unpaired) electrons. The zero-order valence-electron chi connectivity index (χ0n) is 24.4. The van der Waals surface area contributed by atoms with Crippen LogP contribution in [0.3, 0.4) is 0 Å². The summed E-state index contributed by atoms with van der Waals surface area (Å²) in [6.45, 7) is 0. The topological polar surface area (TPSA) is 51.8 Å². The minimum atomic E-state index is 0.641. The highest BCUT2D eigenvalue weighted by Crippen LogP contribution is 2.41. The Balaban J connectivity index is 1.25. The van der Waals surface area contributed by atoms with E-state index in [0.717, 1.165) is 60.2 Å². The van der Waals surface area contributed by atoms with Crippen molar-refractivity contribution in [1.29, 1.82) is 0 Å². The van der Waals surface area contributed by atoms with Gasteiger partial charge in [0.25, 0.3) is 0 Å². The van der Waals surface area contributed by atoms with Crippen LogP contribution in [-0.4, -0.2) is 15.0 Å². The van der Waals surface area contributed by atoms with Crippen LogP contribution >= 0.6 is 11.3 Å². The maximum absolute atomic E-state index is 6.49. The van der Waals surface area contributed by atoms with Crippen LogP contribution < -0.4 is 0 Å². The number of aromatic nitrogens is 3. The Kier molecular flexibility index (Phi) is 5.41. The molecule has 0 aliphatic carbocycles. The molecule has 5 heteroatoms. The molecular formula is C41H23N3OS. The maximum atomic E-state index is 6.49. The minimum Gasteiger partial charge on any atom is -0.455 e. The molecule has 46 heavy (non-hydrogen) atoms. The first-order valence-electron chi connectivity index (χ1n) is 15.3. The largest absolute Gasteiger partial charge is 0.455 e. The molecule has 3 heterocycles. The summed E-state index contributed by atoms with van der Waals surface area (Å²) in [5.74, 6) is 1.94. The lowest BCUT2D eigenvalue weighted by Gasteiger charge is -2.13. The summed E-state index contributed by atoms with van der Waals surface area (Å²) in [6.07, 6.45) is 0. The fourth-order valence-corrected chi connectivity index (χ4v) is 7.85. The minimum absolute atomic E-state index is 0.641. The average Bonchev–Trinajstić information content (AvgIpc) is 3.69. The van der Waals surface area contributed by atoms with Crippen LogP contribution in [-0.2, 0) is 0 Å². The summed E-state index contributed by atoms with van der Waals surface area (Å²) < 4.78 is 9.02. The zero-order chi connectivity index (χ0) is 30.2. The van der Waals surface area contributed by atoms with Crippen molar-refractivity contribution in [3.63, 3.8) is 0 Å². The van der Waals surface area contributed by atoms with Gasteiger partial charge >= 0.3 is 0 Å². The van der Waals surface area contributed by atoms with Crippen LogP contribution in [0.5, 0.6) is 0 Å². The number of rotatable bonds is 3. The van der Waals surface area contributed by atoms with E-state index in [9.17, 15) is 0 Å². The smallest absolute Gasteiger partial charge is 0.164 e. The standard InChI is InChI=1S/C41H23N3OS/c1-2-10-24(11-3-1)39-42-40(26-19-21-36-32(23-26)29-14-7-9-17-35(29)46-36)44-41(43-39)33-22-25-18-20-31-28-13-6-8-16-34(28)45-38(31)37(25)30-15-5-4-12-27(30)33/h1-23H. The molecule has 0 saturated carbocycles. The highest BCUT2D eigenvalue weighted by Gasteiger charge is 2.19. The predicted octanol–water partition coefficient (Wildman–Crippen LogP) is 11.4. The van der Waals surface area contributed by atoms with Gasteiger partial charge in [0.2, 0.25) is 0 Å². The van der Waals surface area contributed by atoms with E-state index >= 15 is 0 Å². The number of fused-ring (bicyclic) bond motifs is 10. The van der Waals surface area contributed by atoms with Crippen LogP contribution in [0.15, 0.2) is 144 Å². The molecule has 0 atom stereocenters. The highest BCUT2D eigenvalue weighted by atomic mass is 32.1. The monoisotopic (exact) mass is 605 g/mol. The summed E-state index contributed by atoms with van der Waals surface area (Å²) in [5.41, 5.74) is 4.66. The third kappa shape index (κ3) is 3.82. The average molecular weight is 606 g/mol. The van der Waals surface area contributed by atoms with Gasteiger partial charge < -0.3 is 4.42 Å². The maximum Gasteiger partial charge on any atom is 0.164 e. The van der Waals surface area contributed by atoms with Crippen molar-refractivity contribution in [2.24, 2.45) is 0 Å². The van der Waals surface area contributed by atoms with Crippen molar-refractivity contribution >= 4 is 75.0 Å². The van der Waals surface area contributed by atoms with Gasteiger partial charge in [0, 0.05) is 53.0 Å². The first-order valence-corrected chi connectivity index (χ1v) is 16.1. The van der Waals surface area contributed by atoms with Gasteiger partial charge in [-0.15, -0.1) is 11.3 Å². The van der Waals surface area contributed by atoms with Gasteiger partial charge in [0.15, 0.2) is 17.5 Å². The summed E-state index contributed by atoms with van der Waals surface area (Å²) >= 11 is 1.81. The molecule has 214 valence electrons. The van der Waals surface area contributed by atoms with Gasteiger partial charge in [-0.2, -0.15) is 0 Å². The third-order valence-corrected chi connectivity index (χ3v) is 10.1. The quantitative estimate of drug-likeness (QED) is 0.188. The second kappa shape index (κ2) is 9.80. The first kappa shape index (κ1) is 25.4. The number of thiophene rings is 1. The van der Waals surface area contributed by atoms with E-state index < -0.39 is 0 Å². The van der Waals surface area contributed by atoms with Gasteiger partial charge in [-0.3, -0.25) is 0 Å². The van der Waals surface area contributed by atoms with Crippen LogP contribution in [0.2, 0.25) is 0 Å². The SMILES string of the molecule is c1ccc(-c2nc(-c3ccc4sc5ccccc5c4c3)nc(-c3cc4ccc5c6ccccc6oc5c4c4ccccc34)n2)cc1. The van der Waals surface area contributed by atoms with Gasteiger partial charge in [-0.25, -0.2) is 15.0 Å². The molecule has 0 fully saturated rings. The number of benzene rings is 7. The van der Waals surface area contributed by atoms with E-state index in [0.29, 0.717) is 17.5 Å². The number of furan rings is 1. The molecule has 0 saturated heterocycles. The normalized spacial score (nSPS) is 11.9. The molecule has 0 amide bonds. The van der Waals surface area contributed by atoms with Crippen LogP contribution in [0.1, 0.15) is 0 Å². The summed E-state index contributed by atoms with van der Waals surface area (Å²) in [4.78, 5) is 15.3. The lowest BCUT2D eigenvalue weighted by atomic mass is 9.95. The summed E-state index contributed by atoms with van der Waals surface area (Å²) in [5, 5.41) is 9.05. The number of nitrogens with zero attached hydrogens (tertiary/aromatic N) is 3. The number of para-hydroxylation sites is 1. The van der Waals surface area contributed by atoms with Gasteiger partial charge in [-0.1, -0.05) is 97.1 Å². The van der Waals surface area contributed by atoms with E-state index in [1.165, 1.54) is 20.2 Å². The molecule has 0 aliphatic heterocycles. The molecule has 0 unspecified atom stereocenters. The number of hydrogen-bond acceptors (Lipinski definition) is 5. The Hall–Kier alpha value is -5.91. The molecule has 3 aromatic heterocycles. The Labute approximate surface area is 267 Å². The molecule has 7 aromatic carbocycles. The molecule has 10 aromatic rings. The van der Waals surface area contributed by atoms with Crippen LogP contribution in [0, 0.1) is 0 Å². The van der Waals surface area contributed by atoms with Crippen molar-refractivity contribution in [3.05, 3.63) is 140 Å². The number of hydrogen-bond donors (Lipinski definition) is 0. The van der Waals surface area contributed by atoms with Crippen molar-refractivity contribution in [1.82, 2.24) is 15.0 Å². The van der Waals surface area contributed by atoms with Crippen LogP contribution in [0.4, 0.5) is 0 Å². The Morgan fingerprint density at radius 2 is 1.11 bits per heavy atom. The first-order chi connectivity index (χ1) is 22.8. The lowest BCUT2D eigenvalue weighted by molar-refractivity contribution is 0.673. The fraction of sp³-hybridized carbons (Fsp3) is 0. The van der Waals surface area contributed by atoms with Gasteiger partial charge in [0.05, 0.1) is 0 Å². The predicted molar refractivity (Wildman–Crippen MR) is 191 cm³/mol. The van der Waals surface area contributed by atoms with Crippen molar-refractivity contribution < 1.29 is 4.42 Å². The molecule has 4 nitrogen and oxygen atoms in total. The van der Waals surface area contributed by atoms with E-state index in [4.69, 9.17) is 19.4 Å². The Morgan fingerprint density at radius 3 is 1.98 bits per heavy atom. The van der Waals surface area contributed by atoms with Gasteiger partial charge in [0.1, 0.15) is 11.2 Å². The lowest BCUT2D eigenvalue weighted by Crippen LogP contribution is -2.00. The van der Waals surface area contributed by atoms with E-state index in [2.05, 4.69) is 109 Å². The Bertz CT molecular complexity index is 2820. The third-order valence-electron chi connectivity index (χ3n) is 8.91. The zero-order valence-corrected chi connectivity index (χ0v) is 25.3. The molecule has 0 bridgehead atoms. The summed E-state index contributed by atoms with van der Waals surface area (Å²) in [6, 6.07) is 48.5.